The molecule has 4 nitrogen and oxygen atoms in total. The summed E-state index contributed by atoms with van der Waals surface area (Å²) in [6.07, 6.45) is 0.897. The van der Waals surface area contributed by atoms with Gasteiger partial charge in [0.15, 0.2) is 0 Å². The van der Waals surface area contributed by atoms with Crippen LogP contribution in [0.5, 0.6) is 0 Å². The lowest BCUT2D eigenvalue weighted by atomic mass is 10.1. The Morgan fingerprint density at radius 2 is 1.77 bits per heavy atom. The second kappa shape index (κ2) is 6.81. The van der Waals surface area contributed by atoms with Crippen molar-refractivity contribution in [3.05, 3.63) is 71.2 Å². The van der Waals surface area contributed by atoms with Crippen molar-refractivity contribution >= 4 is 45.6 Å². The van der Waals surface area contributed by atoms with Crippen LogP contribution in [0.25, 0.3) is 10.8 Å². The van der Waals surface area contributed by atoms with E-state index in [1.807, 2.05) is 48.5 Å². The molecule has 3 aromatic carbocycles. The second-order valence-corrected chi connectivity index (χ2v) is 6.68. The monoisotopic (exact) mass is 364 g/mol. The van der Waals surface area contributed by atoms with Gasteiger partial charge in [-0.05, 0) is 36.1 Å². The van der Waals surface area contributed by atoms with Gasteiger partial charge in [-0.2, -0.15) is 0 Å². The van der Waals surface area contributed by atoms with E-state index in [1.165, 1.54) is 0 Å². The first-order valence-electron chi connectivity index (χ1n) is 8.53. The molecule has 1 N–H and O–H groups in total. The van der Waals surface area contributed by atoms with Crippen LogP contribution in [0.3, 0.4) is 0 Å². The Labute approximate surface area is 156 Å². The Kier molecular flexibility index (Phi) is 4.35. The SMILES string of the molecule is O=C(CCCN1C(=O)c2cccc3cccc1c23)Nc1ccccc1Cl. The molecule has 1 heterocycles. The fraction of sp³-hybridized carbons (Fsp3) is 0.143. The van der Waals surface area contributed by atoms with Gasteiger partial charge in [0.05, 0.1) is 16.4 Å². The highest BCUT2D eigenvalue weighted by molar-refractivity contribution is 6.33. The van der Waals surface area contributed by atoms with Crippen LogP contribution in [-0.4, -0.2) is 18.4 Å². The predicted molar refractivity (Wildman–Crippen MR) is 105 cm³/mol. The van der Waals surface area contributed by atoms with Crippen molar-refractivity contribution in [3.63, 3.8) is 0 Å². The lowest BCUT2D eigenvalue weighted by molar-refractivity contribution is -0.116. The summed E-state index contributed by atoms with van der Waals surface area (Å²) < 4.78 is 0. The number of hydrogen-bond donors (Lipinski definition) is 1. The molecule has 0 fully saturated rings. The Balaban J connectivity index is 1.42. The lowest BCUT2D eigenvalue weighted by Gasteiger charge is -2.17. The summed E-state index contributed by atoms with van der Waals surface area (Å²) in [5, 5.41) is 5.38. The molecule has 5 heteroatoms. The number of halogens is 1. The zero-order valence-electron chi connectivity index (χ0n) is 14.0. The highest BCUT2D eigenvalue weighted by atomic mass is 35.5. The van der Waals surface area contributed by atoms with Crippen LogP contribution >= 0.6 is 11.6 Å². The standard InChI is InChI=1S/C21H17ClN2O2/c22-16-9-1-2-10-17(16)23-19(25)12-5-13-24-18-11-4-7-14-6-3-8-15(20(14)18)21(24)26/h1-4,6-11H,5,12-13H2,(H,23,25). The van der Waals surface area contributed by atoms with Crippen LogP contribution in [0, 0.1) is 0 Å². The molecular formula is C21H17ClN2O2. The van der Waals surface area contributed by atoms with E-state index in [0.717, 1.165) is 22.0 Å². The first kappa shape index (κ1) is 16.6. The predicted octanol–water partition coefficient (Wildman–Crippen LogP) is 4.87. The van der Waals surface area contributed by atoms with E-state index >= 15 is 0 Å². The number of para-hydroxylation sites is 1. The summed E-state index contributed by atoms with van der Waals surface area (Å²) in [6, 6.07) is 18.8. The fourth-order valence-corrected chi connectivity index (χ4v) is 3.56. The van der Waals surface area contributed by atoms with Gasteiger partial charge in [-0.15, -0.1) is 0 Å². The molecule has 0 bridgehead atoms. The van der Waals surface area contributed by atoms with Crippen LogP contribution < -0.4 is 10.2 Å². The number of carbonyl (C=O) groups excluding carboxylic acids is 2. The van der Waals surface area contributed by atoms with Crippen molar-refractivity contribution in [1.82, 2.24) is 0 Å². The first-order chi connectivity index (χ1) is 12.6. The van der Waals surface area contributed by atoms with Gasteiger partial charge in [-0.3, -0.25) is 9.59 Å². The topological polar surface area (TPSA) is 49.4 Å². The van der Waals surface area contributed by atoms with Gasteiger partial charge in [0.2, 0.25) is 5.91 Å². The van der Waals surface area contributed by atoms with Gasteiger partial charge in [-0.1, -0.05) is 48.0 Å². The number of amides is 2. The van der Waals surface area contributed by atoms with Crippen molar-refractivity contribution in [1.29, 1.82) is 0 Å². The fourth-order valence-electron chi connectivity index (χ4n) is 3.37. The Bertz CT molecular complexity index is 1010. The molecule has 0 spiro atoms. The number of benzene rings is 3. The highest BCUT2D eigenvalue weighted by Crippen LogP contribution is 2.37. The molecule has 0 saturated heterocycles. The van der Waals surface area contributed by atoms with Gasteiger partial charge < -0.3 is 10.2 Å². The number of nitrogens with one attached hydrogen (secondary N) is 1. The largest absolute Gasteiger partial charge is 0.325 e. The average Bonchev–Trinajstić information content (AvgIpc) is 2.92. The number of anilines is 2. The van der Waals surface area contributed by atoms with E-state index < -0.39 is 0 Å². The number of hydrogen-bond acceptors (Lipinski definition) is 2. The minimum absolute atomic E-state index is 0.00307. The molecule has 0 saturated carbocycles. The zero-order chi connectivity index (χ0) is 18.1. The molecule has 4 rings (SSSR count). The minimum atomic E-state index is -0.111. The van der Waals surface area contributed by atoms with Gasteiger partial charge in [0, 0.05) is 23.9 Å². The Hall–Kier alpha value is -2.85. The lowest BCUT2D eigenvalue weighted by Crippen LogP contribution is -2.28. The van der Waals surface area contributed by atoms with Crippen LogP contribution in [0.2, 0.25) is 5.02 Å². The third kappa shape index (κ3) is 2.93. The Morgan fingerprint density at radius 1 is 1.00 bits per heavy atom. The first-order valence-corrected chi connectivity index (χ1v) is 8.91. The molecule has 0 aromatic heterocycles. The third-order valence-corrected chi connectivity index (χ3v) is 4.91. The van der Waals surface area contributed by atoms with Crippen LogP contribution in [0.1, 0.15) is 23.2 Å². The van der Waals surface area contributed by atoms with E-state index in [1.54, 1.807) is 17.0 Å². The van der Waals surface area contributed by atoms with Gasteiger partial charge in [-0.25, -0.2) is 0 Å². The molecule has 1 aliphatic rings. The molecular weight excluding hydrogens is 348 g/mol. The summed E-state index contributed by atoms with van der Waals surface area (Å²) >= 11 is 6.05. The summed E-state index contributed by atoms with van der Waals surface area (Å²) in [4.78, 5) is 26.6. The molecule has 0 aliphatic carbocycles. The van der Waals surface area contributed by atoms with Crippen LogP contribution in [0.4, 0.5) is 11.4 Å². The van der Waals surface area contributed by atoms with E-state index in [4.69, 9.17) is 11.6 Å². The van der Waals surface area contributed by atoms with Crippen molar-refractivity contribution in [2.45, 2.75) is 12.8 Å². The van der Waals surface area contributed by atoms with E-state index in [9.17, 15) is 9.59 Å². The summed E-state index contributed by atoms with van der Waals surface area (Å²) in [5.74, 6) is -0.108. The molecule has 1 aliphatic heterocycles. The van der Waals surface area contributed by atoms with Gasteiger partial charge in [0.1, 0.15) is 0 Å². The van der Waals surface area contributed by atoms with Gasteiger partial charge in [0.25, 0.3) is 5.91 Å². The molecule has 130 valence electrons. The van der Waals surface area contributed by atoms with Crippen molar-refractivity contribution in [3.8, 4) is 0 Å². The number of nitrogens with zero attached hydrogens (tertiary/aromatic N) is 1. The molecule has 0 unspecified atom stereocenters. The quantitative estimate of drug-likeness (QED) is 0.702. The highest BCUT2D eigenvalue weighted by Gasteiger charge is 2.28. The Morgan fingerprint density at radius 3 is 2.58 bits per heavy atom. The minimum Gasteiger partial charge on any atom is -0.325 e. The van der Waals surface area contributed by atoms with Crippen molar-refractivity contribution in [2.75, 3.05) is 16.8 Å². The number of carbonyl (C=O) groups is 2. The summed E-state index contributed by atoms with van der Waals surface area (Å²) in [5.41, 5.74) is 2.27. The van der Waals surface area contributed by atoms with E-state index in [2.05, 4.69) is 5.32 Å². The third-order valence-electron chi connectivity index (χ3n) is 4.58. The molecule has 3 aromatic rings. The molecule has 26 heavy (non-hydrogen) atoms. The maximum atomic E-state index is 12.7. The van der Waals surface area contributed by atoms with E-state index in [-0.39, 0.29) is 11.8 Å². The molecule has 0 atom stereocenters. The molecule has 0 radical (unpaired) electrons. The maximum Gasteiger partial charge on any atom is 0.258 e. The zero-order valence-corrected chi connectivity index (χ0v) is 14.8. The van der Waals surface area contributed by atoms with Crippen LogP contribution in [-0.2, 0) is 4.79 Å². The number of rotatable bonds is 5. The van der Waals surface area contributed by atoms with E-state index in [0.29, 0.717) is 30.1 Å². The average molecular weight is 365 g/mol. The van der Waals surface area contributed by atoms with Crippen molar-refractivity contribution in [2.24, 2.45) is 0 Å². The van der Waals surface area contributed by atoms with Gasteiger partial charge >= 0.3 is 0 Å². The van der Waals surface area contributed by atoms with Crippen molar-refractivity contribution < 1.29 is 9.59 Å². The smallest absolute Gasteiger partial charge is 0.258 e. The molecule has 2 amide bonds. The summed E-state index contributed by atoms with van der Waals surface area (Å²) in [7, 11) is 0. The van der Waals surface area contributed by atoms with Crippen LogP contribution in [0.15, 0.2) is 60.7 Å². The second-order valence-electron chi connectivity index (χ2n) is 6.27. The maximum absolute atomic E-state index is 12.7. The summed E-state index contributed by atoms with van der Waals surface area (Å²) in [6.45, 7) is 0.503. The normalized spacial score (nSPS) is 12.7.